The first-order chi connectivity index (χ1) is 17.1. The largest absolute Gasteiger partial charge is 0.332 e. The zero-order valence-electron chi connectivity index (χ0n) is 17.9. The van der Waals surface area contributed by atoms with E-state index in [1.54, 1.807) is 6.07 Å². The number of halogens is 4. The van der Waals surface area contributed by atoms with E-state index in [0.29, 0.717) is 5.69 Å². The van der Waals surface area contributed by atoms with E-state index in [4.69, 9.17) is 12.2 Å². The molecule has 36 heavy (non-hydrogen) atoms. The zero-order chi connectivity index (χ0) is 25.9. The molecule has 0 radical (unpaired) electrons. The van der Waals surface area contributed by atoms with Crippen molar-refractivity contribution < 1.29 is 26.0 Å². The number of sulfonamides is 1. The molecule has 0 atom stereocenters. The van der Waals surface area contributed by atoms with Gasteiger partial charge in [0.2, 0.25) is 5.95 Å². The number of nitrogens with zero attached hydrogens (tertiary/aromatic N) is 4. The molecule has 0 spiro atoms. The molecule has 4 rings (SSSR count). The molecule has 0 bridgehead atoms. The van der Waals surface area contributed by atoms with E-state index in [-0.39, 0.29) is 27.8 Å². The number of nitrogens with one attached hydrogen (secondary N) is 3. The number of hydrogen-bond donors (Lipinski definition) is 3. The first kappa shape index (κ1) is 25.0. The molecule has 2 heterocycles. The second-order valence-electron chi connectivity index (χ2n) is 7.13. The molecule has 9 nitrogen and oxygen atoms in total. The highest BCUT2D eigenvalue weighted by molar-refractivity contribution is 7.92. The molecule has 2 aromatic carbocycles. The molecule has 0 aliphatic rings. The SMILES string of the molecule is O=S(=O)(Nc1ncccn1)c1ccc(NC(=S)Nc2ccn(Cc3c(F)c(F)cc(F)c3F)n2)cc1. The second-order valence-corrected chi connectivity index (χ2v) is 9.22. The van der Waals surface area contributed by atoms with Crippen LogP contribution in [0.25, 0.3) is 0 Å². The average molecular weight is 538 g/mol. The van der Waals surface area contributed by atoms with Crippen LogP contribution in [0.1, 0.15) is 5.56 Å². The van der Waals surface area contributed by atoms with Crippen LogP contribution >= 0.6 is 12.2 Å². The van der Waals surface area contributed by atoms with Crippen LogP contribution in [0, 0.1) is 23.3 Å². The van der Waals surface area contributed by atoms with Gasteiger partial charge in [-0.3, -0.25) is 4.68 Å². The maximum absolute atomic E-state index is 13.9. The van der Waals surface area contributed by atoms with Crippen LogP contribution in [0.4, 0.5) is 35.0 Å². The van der Waals surface area contributed by atoms with E-state index in [1.807, 2.05) is 0 Å². The molecule has 4 aromatic rings. The molecule has 3 N–H and O–H groups in total. The van der Waals surface area contributed by atoms with Gasteiger partial charge in [0.1, 0.15) is 0 Å². The number of thiocarbonyl (C=S) groups is 1. The molecular formula is C21H15F4N7O2S2. The summed E-state index contributed by atoms with van der Waals surface area (Å²) in [5, 5.41) is 9.64. The Labute approximate surface area is 207 Å². The second kappa shape index (κ2) is 10.2. The van der Waals surface area contributed by atoms with Gasteiger partial charge < -0.3 is 10.6 Å². The highest BCUT2D eigenvalue weighted by atomic mass is 32.2. The quantitative estimate of drug-likeness (QED) is 0.185. The van der Waals surface area contributed by atoms with Crippen LogP contribution in [0.15, 0.2) is 66.0 Å². The molecule has 186 valence electrons. The molecule has 2 aromatic heterocycles. The van der Waals surface area contributed by atoms with Crippen LogP contribution in [-0.2, 0) is 16.6 Å². The summed E-state index contributed by atoms with van der Waals surface area (Å²) in [7, 11) is -3.91. The smallest absolute Gasteiger partial charge is 0.264 e. The third-order valence-electron chi connectivity index (χ3n) is 4.62. The van der Waals surface area contributed by atoms with Crippen LogP contribution < -0.4 is 15.4 Å². The predicted octanol–water partition coefficient (Wildman–Crippen LogP) is 3.89. The fraction of sp³-hybridized carbons (Fsp3) is 0.0476. The molecule has 0 fully saturated rings. The van der Waals surface area contributed by atoms with Crippen LogP contribution in [-0.4, -0.2) is 33.3 Å². The summed E-state index contributed by atoms with van der Waals surface area (Å²) in [5.41, 5.74) is -0.368. The normalized spacial score (nSPS) is 11.2. The maximum atomic E-state index is 13.9. The molecule has 0 unspecified atom stereocenters. The molecule has 0 aliphatic carbocycles. The highest BCUT2D eigenvalue weighted by Crippen LogP contribution is 2.21. The van der Waals surface area contributed by atoms with E-state index in [9.17, 15) is 26.0 Å². The van der Waals surface area contributed by atoms with Gasteiger partial charge in [0.15, 0.2) is 34.2 Å². The van der Waals surface area contributed by atoms with Gasteiger partial charge in [0.25, 0.3) is 10.0 Å². The third kappa shape index (κ3) is 5.75. The van der Waals surface area contributed by atoms with Crippen molar-refractivity contribution in [1.29, 1.82) is 0 Å². The van der Waals surface area contributed by atoms with E-state index in [0.717, 1.165) is 4.68 Å². The maximum Gasteiger partial charge on any atom is 0.264 e. The summed E-state index contributed by atoms with van der Waals surface area (Å²) in [4.78, 5) is 7.58. The zero-order valence-corrected chi connectivity index (χ0v) is 19.5. The van der Waals surface area contributed by atoms with Gasteiger partial charge in [-0.05, 0) is 42.5 Å². The Balaban J connectivity index is 1.37. The minimum atomic E-state index is -3.91. The van der Waals surface area contributed by atoms with Crippen molar-refractivity contribution in [3.05, 3.63) is 89.9 Å². The monoisotopic (exact) mass is 537 g/mol. The van der Waals surface area contributed by atoms with Gasteiger partial charge in [0, 0.05) is 36.4 Å². The number of rotatable bonds is 7. The van der Waals surface area contributed by atoms with Crippen molar-refractivity contribution in [3.63, 3.8) is 0 Å². The summed E-state index contributed by atoms with van der Waals surface area (Å²) < 4.78 is 82.8. The van der Waals surface area contributed by atoms with Gasteiger partial charge >= 0.3 is 0 Å². The van der Waals surface area contributed by atoms with E-state index in [1.165, 1.54) is 48.9 Å². The van der Waals surface area contributed by atoms with Crippen molar-refractivity contribution in [3.8, 4) is 0 Å². The summed E-state index contributed by atoms with van der Waals surface area (Å²) in [5.74, 6) is -5.93. The van der Waals surface area contributed by atoms with Gasteiger partial charge in [-0.15, -0.1) is 0 Å². The summed E-state index contributed by atoms with van der Waals surface area (Å²) in [6.45, 7) is -0.563. The Morgan fingerprint density at radius 1 is 0.944 bits per heavy atom. The van der Waals surface area contributed by atoms with Gasteiger partial charge in [0.05, 0.1) is 17.0 Å². The minimum absolute atomic E-state index is 0.0358. The third-order valence-corrected chi connectivity index (χ3v) is 6.17. The minimum Gasteiger partial charge on any atom is -0.332 e. The Hall–Kier alpha value is -4.11. The van der Waals surface area contributed by atoms with Crippen LogP contribution in [0.3, 0.4) is 0 Å². The molecular weight excluding hydrogens is 522 g/mol. The lowest BCUT2D eigenvalue weighted by Gasteiger charge is -2.10. The van der Waals surface area contributed by atoms with Crippen molar-refractivity contribution >= 4 is 44.8 Å². The Morgan fingerprint density at radius 3 is 2.22 bits per heavy atom. The average Bonchev–Trinajstić information content (AvgIpc) is 3.28. The Morgan fingerprint density at radius 2 is 1.58 bits per heavy atom. The fourth-order valence-corrected chi connectivity index (χ4v) is 4.15. The fourth-order valence-electron chi connectivity index (χ4n) is 2.97. The van der Waals surface area contributed by atoms with Gasteiger partial charge in [-0.2, -0.15) is 5.10 Å². The lowest BCUT2D eigenvalue weighted by molar-refractivity contribution is 0.431. The standard InChI is InChI=1S/C21H15F4N7O2S2/c22-15-10-16(23)19(25)14(18(15)24)11-32-9-6-17(30-32)29-21(35)28-12-2-4-13(5-3-12)36(33,34)31-20-26-7-1-8-27-20/h1-10H,11H2,(H,26,27,31)(H2,28,29,30,35). The van der Waals surface area contributed by atoms with Crippen molar-refractivity contribution in [2.45, 2.75) is 11.4 Å². The lowest BCUT2D eigenvalue weighted by atomic mass is 10.2. The molecule has 0 aliphatic heterocycles. The van der Waals surface area contributed by atoms with Crippen molar-refractivity contribution in [1.82, 2.24) is 19.7 Å². The molecule has 15 heteroatoms. The number of aromatic nitrogens is 4. The Kier molecular flexibility index (Phi) is 7.12. The van der Waals surface area contributed by atoms with Gasteiger partial charge in [-0.25, -0.2) is 40.7 Å². The Bertz CT molecular complexity index is 1490. The summed E-state index contributed by atoms with van der Waals surface area (Å²) in [6.07, 6.45) is 4.12. The number of hydrogen-bond acceptors (Lipinski definition) is 6. The molecule has 0 amide bonds. The van der Waals surface area contributed by atoms with Crippen LogP contribution in [0.5, 0.6) is 0 Å². The van der Waals surface area contributed by atoms with E-state index in [2.05, 4.69) is 30.4 Å². The highest BCUT2D eigenvalue weighted by Gasteiger charge is 2.20. The molecule has 0 saturated carbocycles. The number of anilines is 3. The van der Waals surface area contributed by atoms with Crippen molar-refractivity contribution in [2.24, 2.45) is 0 Å². The summed E-state index contributed by atoms with van der Waals surface area (Å²) in [6, 6.07) is 8.72. The van der Waals surface area contributed by atoms with Crippen LogP contribution in [0.2, 0.25) is 0 Å². The van der Waals surface area contributed by atoms with Crippen molar-refractivity contribution in [2.75, 3.05) is 15.4 Å². The van der Waals surface area contributed by atoms with E-state index < -0.39 is 45.4 Å². The van der Waals surface area contributed by atoms with E-state index >= 15 is 0 Å². The summed E-state index contributed by atoms with van der Waals surface area (Å²) >= 11 is 5.19. The lowest BCUT2D eigenvalue weighted by Crippen LogP contribution is -2.20. The predicted molar refractivity (Wildman–Crippen MR) is 127 cm³/mol. The topological polar surface area (TPSA) is 114 Å². The number of benzene rings is 2. The first-order valence-corrected chi connectivity index (χ1v) is 11.8. The first-order valence-electron chi connectivity index (χ1n) is 9.95. The van der Waals surface area contributed by atoms with Gasteiger partial charge in [-0.1, -0.05) is 0 Å². The molecule has 0 saturated heterocycles.